The van der Waals surface area contributed by atoms with Crippen molar-refractivity contribution in [3.63, 3.8) is 0 Å². The van der Waals surface area contributed by atoms with E-state index in [1.165, 1.54) is 0 Å². The van der Waals surface area contributed by atoms with Crippen LogP contribution in [-0.4, -0.2) is 19.0 Å². The zero-order valence-electron chi connectivity index (χ0n) is 11.1. The molecule has 0 aliphatic carbocycles. The molecule has 0 fully saturated rings. The molecule has 0 spiro atoms. The minimum atomic E-state index is -0.0676. The lowest BCUT2D eigenvalue weighted by atomic mass is 10.0. The summed E-state index contributed by atoms with van der Waals surface area (Å²) in [5.74, 6) is 1.19. The molecule has 3 rings (SSSR count). The van der Waals surface area contributed by atoms with E-state index in [9.17, 15) is 4.79 Å². The van der Waals surface area contributed by atoms with E-state index in [0.29, 0.717) is 45.9 Å². The van der Waals surface area contributed by atoms with E-state index in [2.05, 4.69) is 0 Å². The van der Waals surface area contributed by atoms with Gasteiger partial charge in [0.2, 0.25) is 0 Å². The molecule has 2 aromatic rings. The number of fused-ring (bicyclic) bond motifs is 1. The summed E-state index contributed by atoms with van der Waals surface area (Å²) in [6.45, 7) is 1.01. The molecule has 3 nitrogen and oxygen atoms in total. The second kappa shape index (κ2) is 5.96. The number of hydrogen-bond acceptors (Lipinski definition) is 3. The normalized spacial score (nSPS) is 13.0. The van der Waals surface area contributed by atoms with Gasteiger partial charge in [-0.3, -0.25) is 4.79 Å². The van der Waals surface area contributed by atoms with Crippen molar-refractivity contribution in [2.24, 2.45) is 0 Å². The van der Waals surface area contributed by atoms with Crippen LogP contribution in [0.5, 0.6) is 11.5 Å². The fourth-order valence-electron chi connectivity index (χ4n) is 2.18. The van der Waals surface area contributed by atoms with Crippen LogP contribution in [-0.2, 0) is 6.42 Å². The number of carbonyl (C=O) groups is 1. The topological polar surface area (TPSA) is 35.5 Å². The van der Waals surface area contributed by atoms with Gasteiger partial charge in [0, 0.05) is 22.0 Å². The molecule has 0 bridgehead atoms. The molecule has 1 heterocycles. The molecule has 2 aromatic carbocycles. The Morgan fingerprint density at radius 3 is 2.38 bits per heavy atom. The van der Waals surface area contributed by atoms with Gasteiger partial charge in [-0.25, -0.2) is 0 Å². The second-order valence-electron chi connectivity index (χ2n) is 4.66. The van der Waals surface area contributed by atoms with Crippen LogP contribution < -0.4 is 9.47 Å². The van der Waals surface area contributed by atoms with Crippen LogP contribution in [0.3, 0.4) is 0 Å². The first-order valence-electron chi connectivity index (χ1n) is 6.51. The van der Waals surface area contributed by atoms with Crippen LogP contribution >= 0.6 is 23.2 Å². The maximum Gasteiger partial charge on any atom is 0.167 e. The van der Waals surface area contributed by atoms with Gasteiger partial charge in [0.15, 0.2) is 17.3 Å². The maximum absolute atomic E-state index is 12.4. The number of ether oxygens (including phenoxy) is 2. The molecule has 1 aliphatic heterocycles. The predicted molar refractivity (Wildman–Crippen MR) is 81.9 cm³/mol. The van der Waals surface area contributed by atoms with Crippen molar-refractivity contribution >= 4 is 29.0 Å². The number of halogens is 2. The van der Waals surface area contributed by atoms with Crippen molar-refractivity contribution in [3.8, 4) is 11.5 Å². The summed E-state index contributed by atoms with van der Waals surface area (Å²) in [5.41, 5.74) is 1.19. The van der Waals surface area contributed by atoms with Crippen LogP contribution in [0.1, 0.15) is 15.9 Å². The van der Waals surface area contributed by atoms with E-state index in [-0.39, 0.29) is 12.2 Å². The Labute approximate surface area is 132 Å². The van der Waals surface area contributed by atoms with E-state index in [4.69, 9.17) is 32.7 Å². The van der Waals surface area contributed by atoms with Crippen molar-refractivity contribution in [3.05, 3.63) is 57.6 Å². The molecular weight excluding hydrogens is 311 g/mol. The molecule has 1 aliphatic rings. The van der Waals surface area contributed by atoms with Gasteiger partial charge < -0.3 is 9.47 Å². The minimum Gasteiger partial charge on any atom is -0.486 e. The summed E-state index contributed by atoms with van der Waals surface area (Å²) in [6.07, 6.45) is 0.151. The fourth-order valence-corrected chi connectivity index (χ4v) is 2.71. The van der Waals surface area contributed by atoms with Crippen molar-refractivity contribution in [1.82, 2.24) is 0 Å². The SMILES string of the molecule is O=C(Cc1c(Cl)cccc1Cl)c1ccc2c(c1)OCCO2. The number of hydrogen-bond donors (Lipinski definition) is 0. The van der Waals surface area contributed by atoms with E-state index in [1.807, 2.05) is 0 Å². The van der Waals surface area contributed by atoms with E-state index >= 15 is 0 Å². The van der Waals surface area contributed by atoms with Crippen LogP contribution in [0.4, 0.5) is 0 Å². The lowest BCUT2D eigenvalue weighted by Gasteiger charge is -2.18. The van der Waals surface area contributed by atoms with Gasteiger partial charge >= 0.3 is 0 Å². The highest BCUT2D eigenvalue weighted by molar-refractivity contribution is 6.36. The molecule has 21 heavy (non-hydrogen) atoms. The lowest BCUT2D eigenvalue weighted by molar-refractivity contribution is 0.0991. The predicted octanol–water partition coefficient (Wildman–Crippen LogP) is 4.19. The average Bonchev–Trinajstić information content (AvgIpc) is 2.50. The average molecular weight is 323 g/mol. The molecule has 108 valence electrons. The van der Waals surface area contributed by atoms with Crippen molar-refractivity contribution in [2.75, 3.05) is 13.2 Å². The Hall–Kier alpha value is -1.71. The highest BCUT2D eigenvalue weighted by Crippen LogP contribution is 2.32. The third-order valence-electron chi connectivity index (χ3n) is 3.26. The van der Waals surface area contributed by atoms with Gasteiger partial charge in [0.05, 0.1) is 0 Å². The highest BCUT2D eigenvalue weighted by Gasteiger charge is 2.17. The standard InChI is InChI=1S/C16H12Cl2O3/c17-12-2-1-3-13(18)11(12)9-14(19)10-4-5-15-16(8-10)21-7-6-20-15/h1-5,8H,6-7,9H2. The quantitative estimate of drug-likeness (QED) is 0.795. The van der Waals surface area contributed by atoms with Gasteiger partial charge in [-0.2, -0.15) is 0 Å². The number of Topliss-reactive ketones (excluding diaryl/α,β-unsaturated/α-hetero) is 1. The Kier molecular flexibility index (Phi) is 4.04. The van der Waals surface area contributed by atoms with Crippen molar-refractivity contribution < 1.29 is 14.3 Å². The summed E-state index contributed by atoms with van der Waals surface area (Å²) in [7, 11) is 0. The van der Waals surface area contributed by atoms with Crippen LogP contribution in [0.2, 0.25) is 10.0 Å². The smallest absolute Gasteiger partial charge is 0.167 e. The Morgan fingerprint density at radius 1 is 1.00 bits per heavy atom. The largest absolute Gasteiger partial charge is 0.486 e. The summed E-state index contributed by atoms with van der Waals surface area (Å²) in [4.78, 5) is 12.4. The molecule has 0 saturated heterocycles. The molecule has 0 N–H and O–H groups in total. The number of ketones is 1. The highest BCUT2D eigenvalue weighted by atomic mass is 35.5. The Morgan fingerprint density at radius 2 is 1.67 bits per heavy atom. The fraction of sp³-hybridized carbons (Fsp3) is 0.188. The lowest BCUT2D eigenvalue weighted by Crippen LogP contribution is -2.16. The van der Waals surface area contributed by atoms with E-state index in [1.54, 1.807) is 36.4 Å². The van der Waals surface area contributed by atoms with Gasteiger partial charge in [-0.05, 0) is 35.9 Å². The molecule has 0 atom stereocenters. The van der Waals surface area contributed by atoms with Gasteiger partial charge in [0.25, 0.3) is 0 Å². The minimum absolute atomic E-state index is 0.0676. The van der Waals surface area contributed by atoms with Crippen LogP contribution in [0.15, 0.2) is 36.4 Å². The first-order valence-corrected chi connectivity index (χ1v) is 7.26. The molecule has 0 aromatic heterocycles. The summed E-state index contributed by atoms with van der Waals surface area (Å²) < 4.78 is 10.9. The van der Waals surface area contributed by atoms with Crippen molar-refractivity contribution in [1.29, 1.82) is 0 Å². The van der Waals surface area contributed by atoms with Gasteiger partial charge in [-0.15, -0.1) is 0 Å². The van der Waals surface area contributed by atoms with Gasteiger partial charge in [-0.1, -0.05) is 29.3 Å². The van der Waals surface area contributed by atoms with Crippen molar-refractivity contribution in [2.45, 2.75) is 6.42 Å². The number of carbonyl (C=O) groups excluding carboxylic acids is 1. The monoisotopic (exact) mass is 322 g/mol. The molecule has 0 radical (unpaired) electrons. The Balaban J connectivity index is 1.86. The van der Waals surface area contributed by atoms with Crippen LogP contribution in [0.25, 0.3) is 0 Å². The van der Waals surface area contributed by atoms with Crippen LogP contribution in [0, 0.1) is 0 Å². The summed E-state index contributed by atoms with van der Waals surface area (Å²) in [6, 6.07) is 10.4. The molecule has 5 heteroatoms. The molecule has 0 saturated carbocycles. The second-order valence-corrected chi connectivity index (χ2v) is 5.47. The summed E-state index contributed by atoms with van der Waals surface area (Å²) >= 11 is 12.2. The Bertz CT molecular complexity index is 678. The zero-order valence-corrected chi connectivity index (χ0v) is 12.6. The molecule has 0 unspecified atom stereocenters. The first kappa shape index (κ1) is 14.2. The van der Waals surface area contributed by atoms with E-state index < -0.39 is 0 Å². The summed E-state index contributed by atoms with van der Waals surface area (Å²) in [5, 5.41) is 0.988. The number of rotatable bonds is 3. The molecular formula is C16H12Cl2O3. The van der Waals surface area contributed by atoms with E-state index in [0.717, 1.165) is 0 Å². The zero-order chi connectivity index (χ0) is 14.8. The maximum atomic E-state index is 12.4. The third kappa shape index (κ3) is 2.99. The first-order chi connectivity index (χ1) is 10.1. The van der Waals surface area contributed by atoms with Gasteiger partial charge in [0.1, 0.15) is 13.2 Å². The molecule has 0 amide bonds. The third-order valence-corrected chi connectivity index (χ3v) is 3.97. The number of benzene rings is 2.